The number of nitrogens with zero attached hydrogens (tertiary/aromatic N) is 1. The second-order valence-electron chi connectivity index (χ2n) is 5.18. The molecule has 0 fully saturated rings. The maximum absolute atomic E-state index is 10.7. The third kappa shape index (κ3) is 6.15. The van der Waals surface area contributed by atoms with Crippen molar-refractivity contribution in [2.45, 2.75) is 19.8 Å². The molecule has 25 heavy (non-hydrogen) atoms. The molecule has 0 atom stereocenters. The first-order valence-corrected chi connectivity index (χ1v) is 8.40. The fraction of sp³-hybridized carbons (Fsp3) is 0.333. The van der Waals surface area contributed by atoms with Crippen LogP contribution in [0.3, 0.4) is 0 Å². The summed E-state index contributed by atoms with van der Waals surface area (Å²) in [6.07, 6.45) is 1.59. The summed E-state index contributed by atoms with van der Waals surface area (Å²) in [4.78, 5) is 10.2. The van der Waals surface area contributed by atoms with Crippen LogP contribution in [-0.2, 0) is 0 Å². The fourth-order valence-electron chi connectivity index (χ4n) is 2.12. The topological polar surface area (TPSA) is 70.8 Å². The summed E-state index contributed by atoms with van der Waals surface area (Å²) in [5.74, 6) is 2.00. The molecule has 0 unspecified atom stereocenters. The van der Waals surface area contributed by atoms with E-state index >= 15 is 0 Å². The maximum Gasteiger partial charge on any atom is 0.271 e. The lowest BCUT2D eigenvalue weighted by atomic mass is 10.3. The van der Waals surface area contributed by atoms with Crippen molar-refractivity contribution in [3.8, 4) is 17.2 Å². The standard InChI is InChI=1S/C18H20ClNO5/c1-2-23-15-6-5-7-16(13-15)24-10-3-4-11-25-18-9-8-14(20(21)22)12-17(18)19/h5-9,12-13H,2-4,10-11H2,1H3. The Morgan fingerprint density at radius 3 is 2.32 bits per heavy atom. The van der Waals surface area contributed by atoms with Gasteiger partial charge in [-0.15, -0.1) is 0 Å². The highest BCUT2D eigenvalue weighted by Gasteiger charge is 2.10. The molecule has 134 valence electrons. The lowest BCUT2D eigenvalue weighted by Gasteiger charge is -2.10. The van der Waals surface area contributed by atoms with Crippen molar-refractivity contribution in [1.82, 2.24) is 0 Å². The van der Waals surface area contributed by atoms with Gasteiger partial charge in [-0.3, -0.25) is 10.1 Å². The average molecular weight is 366 g/mol. The first-order valence-electron chi connectivity index (χ1n) is 8.02. The van der Waals surface area contributed by atoms with Crippen molar-refractivity contribution in [1.29, 1.82) is 0 Å². The molecule has 0 heterocycles. The van der Waals surface area contributed by atoms with E-state index in [-0.39, 0.29) is 10.7 Å². The number of hydrogen-bond acceptors (Lipinski definition) is 5. The van der Waals surface area contributed by atoms with E-state index in [9.17, 15) is 10.1 Å². The van der Waals surface area contributed by atoms with Crippen LogP contribution < -0.4 is 14.2 Å². The Balaban J connectivity index is 1.68. The van der Waals surface area contributed by atoms with Crippen molar-refractivity contribution in [3.63, 3.8) is 0 Å². The number of nitro benzene ring substituents is 1. The smallest absolute Gasteiger partial charge is 0.271 e. The number of ether oxygens (including phenoxy) is 3. The van der Waals surface area contributed by atoms with Crippen LogP contribution in [0.15, 0.2) is 42.5 Å². The lowest BCUT2D eigenvalue weighted by Crippen LogP contribution is -2.03. The summed E-state index contributed by atoms with van der Waals surface area (Å²) in [5.41, 5.74) is -0.0555. The molecule has 0 aromatic heterocycles. The first kappa shape index (κ1) is 18.9. The molecule has 2 aromatic carbocycles. The van der Waals surface area contributed by atoms with E-state index in [1.807, 2.05) is 31.2 Å². The third-order valence-electron chi connectivity index (χ3n) is 3.31. The minimum absolute atomic E-state index is 0.0555. The minimum atomic E-state index is -0.493. The zero-order valence-electron chi connectivity index (χ0n) is 13.9. The van der Waals surface area contributed by atoms with Gasteiger partial charge in [-0.1, -0.05) is 17.7 Å². The van der Waals surface area contributed by atoms with Gasteiger partial charge in [0, 0.05) is 18.2 Å². The Bertz CT molecular complexity index is 708. The molecule has 2 aromatic rings. The largest absolute Gasteiger partial charge is 0.494 e. The highest BCUT2D eigenvalue weighted by atomic mass is 35.5. The molecule has 0 aliphatic rings. The number of nitro groups is 1. The van der Waals surface area contributed by atoms with E-state index in [1.165, 1.54) is 18.2 Å². The minimum Gasteiger partial charge on any atom is -0.494 e. The number of unbranched alkanes of at least 4 members (excludes halogenated alkanes) is 1. The molecule has 0 aliphatic heterocycles. The number of rotatable bonds is 10. The second-order valence-corrected chi connectivity index (χ2v) is 5.59. The van der Waals surface area contributed by atoms with E-state index < -0.39 is 4.92 Å². The predicted molar refractivity (Wildman–Crippen MR) is 95.9 cm³/mol. The zero-order valence-corrected chi connectivity index (χ0v) is 14.7. The van der Waals surface area contributed by atoms with Gasteiger partial charge in [0.05, 0.1) is 29.8 Å². The van der Waals surface area contributed by atoms with Crippen LogP contribution in [0.1, 0.15) is 19.8 Å². The quantitative estimate of drug-likeness (QED) is 0.340. The van der Waals surface area contributed by atoms with Gasteiger partial charge in [0.25, 0.3) is 5.69 Å². The summed E-state index contributed by atoms with van der Waals surface area (Å²) in [7, 11) is 0. The lowest BCUT2D eigenvalue weighted by molar-refractivity contribution is -0.384. The van der Waals surface area contributed by atoms with Crippen LogP contribution in [0, 0.1) is 10.1 Å². The second kappa shape index (κ2) is 9.74. The third-order valence-corrected chi connectivity index (χ3v) is 3.60. The van der Waals surface area contributed by atoms with Crippen molar-refractivity contribution in [2.75, 3.05) is 19.8 Å². The maximum atomic E-state index is 10.7. The van der Waals surface area contributed by atoms with Gasteiger partial charge in [-0.2, -0.15) is 0 Å². The number of benzene rings is 2. The molecule has 0 saturated carbocycles. The molecule has 0 aliphatic carbocycles. The molecule has 0 N–H and O–H groups in total. The van der Waals surface area contributed by atoms with E-state index in [4.69, 9.17) is 25.8 Å². The summed E-state index contributed by atoms with van der Waals surface area (Å²) in [5, 5.41) is 10.9. The summed E-state index contributed by atoms with van der Waals surface area (Å²) < 4.78 is 16.6. The van der Waals surface area contributed by atoms with Crippen LogP contribution in [0.2, 0.25) is 5.02 Å². The van der Waals surface area contributed by atoms with Crippen LogP contribution in [0.25, 0.3) is 0 Å². The van der Waals surface area contributed by atoms with E-state index in [1.54, 1.807) is 0 Å². The Hall–Kier alpha value is -2.47. The molecular weight excluding hydrogens is 346 g/mol. The molecule has 0 saturated heterocycles. The van der Waals surface area contributed by atoms with Crippen LogP contribution in [0.4, 0.5) is 5.69 Å². The molecule has 6 nitrogen and oxygen atoms in total. The van der Waals surface area contributed by atoms with Gasteiger partial charge in [-0.25, -0.2) is 0 Å². The Morgan fingerprint density at radius 2 is 1.68 bits per heavy atom. The van der Waals surface area contributed by atoms with Crippen LogP contribution in [0.5, 0.6) is 17.2 Å². The molecular formula is C18H20ClNO5. The SMILES string of the molecule is CCOc1cccc(OCCCCOc2ccc([N+](=O)[O-])cc2Cl)c1. The fourth-order valence-corrected chi connectivity index (χ4v) is 2.35. The van der Waals surface area contributed by atoms with E-state index in [0.717, 1.165) is 24.3 Å². The molecule has 0 bridgehead atoms. The van der Waals surface area contributed by atoms with E-state index in [0.29, 0.717) is 25.6 Å². The van der Waals surface area contributed by atoms with Crippen molar-refractivity contribution < 1.29 is 19.1 Å². The van der Waals surface area contributed by atoms with Gasteiger partial charge in [0.2, 0.25) is 0 Å². The van der Waals surface area contributed by atoms with Crippen molar-refractivity contribution in [3.05, 3.63) is 57.6 Å². The van der Waals surface area contributed by atoms with Crippen LogP contribution >= 0.6 is 11.6 Å². The Labute approximate surface area is 151 Å². The predicted octanol–water partition coefficient (Wildman–Crippen LogP) is 4.88. The van der Waals surface area contributed by atoms with Gasteiger partial charge in [0.15, 0.2) is 0 Å². The van der Waals surface area contributed by atoms with Gasteiger partial charge in [0.1, 0.15) is 17.2 Å². The number of halogens is 1. The summed E-state index contributed by atoms with van der Waals surface area (Å²) in [6, 6.07) is 11.7. The monoisotopic (exact) mass is 365 g/mol. The van der Waals surface area contributed by atoms with Gasteiger partial charge < -0.3 is 14.2 Å². The van der Waals surface area contributed by atoms with Gasteiger partial charge in [-0.05, 0) is 38.0 Å². The molecule has 2 rings (SSSR count). The molecule has 0 radical (unpaired) electrons. The van der Waals surface area contributed by atoms with E-state index in [2.05, 4.69) is 0 Å². The van der Waals surface area contributed by atoms with Gasteiger partial charge >= 0.3 is 0 Å². The normalized spacial score (nSPS) is 10.3. The Kier molecular flexibility index (Phi) is 7.35. The number of hydrogen-bond donors (Lipinski definition) is 0. The highest BCUT2D eigenvalue weighted by molar-refractivity contribution is 6.32. The summed E-state index contributed by atoms with van der Waals surface area (Å²) >= 11 is 5.97. The summed E-state index contributed by atoms with van der Waals surface area (Å²) in [6.45, 7) is 3.57. The number of non-ortho nitro benzene ring substituents is 1. The highest BCUT2D eigenvalue weighted by Crippen LogP contribution is 2.28. The Morgan fingerprint density at radius 1 is 1.00 bits per heavy atom. The van der Waals surface area contributed by atoms with Crippen molar-refractivity contribution >= 4 is 17.3 Å². The molecule has 0 spiro atoms. The molecule has 0 amide bonds. The average Bonchev–Trinajstić information content (AvgIpc) is 2.59. The zero-order chi connectivity index (χ0) is 18.1. The van der Waals surface area contributed by atoms with Crippen LogP contribution in [-0.4, -0.2) is 24.7 Å². The molecule has 7 heteroatoms. The van der Waals surface area contributed by atoms with Crippen molar-refractivity contribution in [2.24, 2.45) is 0 Å². The first-order chi connectivity index (χ1) is 12.1.